The van der Waals surface area contributed by atoms with Crippen molar-refractivity contribution in [3.63, 3.8) is 0 Å². The molecule has 0 aromatic heterocycles. The summed E-state index contributed by atoms with van der Waals surface area (Å²) in [6, 6.07) is 10.6. The number of hydrogen-bond donors (Lipinski definition) is 0. The van der Waals surface area contributed by atoms with Crippen molar-refractivity contribution in [2.75, 3.05) is 13.2 Å². The zero-order valence-electron chi connectivity index (χ0n) is 9.36. The van der Waals surface area contributed by atoms with Crippen molar-refractivity contribution in [2.45, 2.75) is 32.5 Å². The van der Waals surface area contributed by atoms with Gasteiger partial charge >= 0.3 is 0 Å². The van der Waals surface area contributed by atoms with E-state index in [-0.39, 0.29) is 0 Å². The average Bonchev–Trinajstić information content (AvgIpc) is 2.68. The van der Waals surface area contributed by atoms with Gasteiger partial charge in [-0.05, 0) is 25.3 Å². The van der Waals surface area contributed by atoms with Crippen LogP contribution in [0.25, 0.3) is 0 Å². The Morgan fingerprint density at radius 2 is 2.13 bits per heavy atom. The van der Waals surface area contributed by atoms with E-state index in [1.54, 1.807) is 0 Å². The van der Waals surface area contributed by atoms with Crippen molar-refractivity contribution >= 4 is 0 Å². The molecule has 1 aromatic rings. The summed E-state index contributed by atoms with van der Waals surface area (Å²) in [6.07, 6.45) is 2.79. The van der Waals surface area contributed by atoms with Gasteiger partial charge in [-0.1, -0.05) is 30.3 Å². The summed E-state index contributed by atoms with van der Waals surface area (Å²) < 4.78 is 5.71. The number of benzene rings is 1. The van der Waals surface area contributed by atoms with E-state index < -0.39 is 0 Å². The van der Waals surface area contributed by atoms with E-state index in [4.69, 9.17) is 4.74 Å². The van der Waals surface area contributed by atoms with Crippen molar-refractivity contribution < 1.29 is 4.74 Å². The quantitative estimate of drug-likeness (QED) is 0.749. The first-order chi connectivity index (χ1) is 7.40. The van der Waals surface area contributed by atoms with Crippen LogP contribution in [-0.4, -0.2) is 24.3 Å². The molecule has 15 heavy (non-hydrogen) atoms. The lowest BCUT2D eigenvalue weighted by atomic mass is 10.2. The molecular weight excluding hydrogens is 186 g/mol. The maximum Gasteiger partial charge on any atom is 0.110 e. The van der Waals surface area contributed by atoms with E-state index in [1.807, 2.05) is 0 Å². The molecule has 1 saturated heterocycles. The molecule has 0 aliphatic carbocycles. The van der Waals surface area contributed by atoms with Gasteiger partial charge in [0.25, 0.3) is 0 Å². The predicted octanol–water partition coefficient (Wildman–Crippen LogP) is 2.65. The Kier molecular flexibility index (Phi) is 3.75. The molecule has 0 bridgehead atoms. The standard InChI is InChI=1S/C13H19NO/c1-2-15-13-9-6-10-14(13)11-12-7-4-3-5-8-12/h3-5,7-8,13H,2,6,9-11H2,1H3. The summed E-state index contributed by atoms with van der Waals surface area (Å²) in [7, 11) is 0. The van der Waals surface area contributed by atoms with Crippen LogP contribution in [0, 0.1) is 0 Å². The molecule has 0 N–H and O–H groups in total. The van der Waals surface area contributed by atoms with Gasteiger partial charge in [0.2, 0.25) is 0 Å². The molecule has 1 heterocycles. The highest BCUT2D eigenvalue weighted by Gasteiger charge is 2.24. The van der Waals surface area contributed by atoms with E-state index in [9.17, 15) is 0 Å². The van der Waals surface area contributed by atoms with Crippen LogP contribution in [0.5, 0.6) is 0 Å². The van der Waals surface area contributed by atoms with Crippen molar-refractivity contribution in [3.8, 4) is 0 Å². The highest BCUT2D eigenvalue weighted by atomic mass is 16.5. The van der Waals surface area contributed by atoms with E-state index in [1.165, 1.54) is 24.9 Å². The van der Waals surface area contributed by atoms with Gasteiger partial charge in [0.05, 0.1) is 0 Å². The molecule has 1 aliphatic rings. The molecule has 2 nitrogen and oxygen atoms in total. The molecule has 0 spiro atoms. The summed E-state index contributed by atoms with van der Waals surface area (Å²) in [5, 5.41) is 0. The summed E-state index contributed by atoms with van der Waals surface area (Å²) in [5.74, 6) is 0. The monoisotopic (exact) mass is 205 g/mol. The van der Waals surface area contributed by atoms with Gasteiger partial charge < -0.3 is 4.74 Å². The van der Waals surface area contributed by atoms with Crippen LogP contribution in [0.1, 0.15) is 25.3 Å². The Hall–Kier alpha value is -0.860. The lowest BCUT2D eigenvalue weighted by Gasteiger charge is -2.24. The SMILES string of the molecule is CCOC1CCCN1Cc1ccccc1. The van der Waals surface area contributed by atoms with Crippen molar-refractivity contribution in [2.24, 2.45) is 0 Å². The fraction of sp³-hybridized carbons (Fsp3) is 0.538. The lowest BCUT2D eigenvalue weighted by molar-refractivity contribution is -0.0332. The van der Waals surface area contributed by atoms with Crippen LogP contribution in [0.2, 0.25) is 0 Å². The van der Waals surface area contributed by atoms with E-state index in [0.717, 1.165) is 13.2 Å². The highest BCUT2D eigenvalue weighted by molar-refractivity contribution is 5.14. The van der Waals surface area contributed by atoms with Crippen LogP contribution < -0.4 is 0 Å². The third kappa shape index (κ3) is 2.80. The Morgan fingerprint density at radius 3 is 2.87 bits per heavy atom. The third-order valence-electron chi connectivity index (χ3n) is 2.89. The van der Waals surface area contributed by atoms with Crippen molar-refractivity contribution in [3.05, 3.63) is 35.9 Å². The number of rotatable bonds is 4. The number of nitrogens with zero attached hydrogens (tertiary/aromatic N) is 1. The van der Waals surface area contributed by atoms with Gasteiger partial charge in [0.1, 0.15) is 6.23 Å². The zero-order valence-corrected chi connectivity index (χ0v) is 9.36. The molecule has 1 aliphatic heterocycles. The van der Waals surface area contributed by atoms with Gasteiger partial charge in [0.15, 0.2) is 0 Å². The van der Waals surface area contributed by atoms with E-state index in [2.05, 4.69) is 42.2 Å². The molecule has 2 heteroatoms. The summed E-state index contributed by atoms with van der Waals surface area (Å²) in [6.45, 7) is 5.07. The Labute approximate surface area is 91.9 Å². The fourth-order valence-corrected chi connectivity index (χ4v) is 2.18. The summed E-state index contributed by atoms with van der Waals surface area (Å²) in [5.41, 5.74) is 1.38. The number of ether oxygens (including phenoxy) is 1. The van der Waals surface area contributed by atoms with Crippen LogP contribution in [-0.2, 0) is 11.3 Å². The van der Waals surface area contributed by atoms with Crippen molar-refractivity contribution in [1.82, 2.24) is 4.90 Å². The van der Waals surface area contributed by atoms with Gasteiger partial charge in [-0.25, -0.2) is 0 Å². The largest absolute Gasteiger partial charge is 0.363 e. The molecule has 0 saturated carbocycles. The molecule has 1 aromatic carbocycles. The molecule has 0 amide bonds. The second-order valence-electron chi connectivity index (χ2n) is 4.01. The minimum absolute atomic E-state index is 0.343. The summed E-state index contributed by atoms with van der Waals surface area (Å²) >= 11 is 0. The van der Waals surface area contributed by atoms with E-state index >= 15 is 0 Å². The highest BCUT2D eigenvalue weighted by Crippen LogP contribution is 2.20. The normalized spacial score (nSPS) is 22.1. The Morgan fingerprint density at radius 1 is 1.33 bits per heavy atom. The van der Waals surface area contributed by atoms with Crippen LogP contribution in [0.4, 0.5) is 0 Å². The topological polar surface area (TPSA) is 12.5 Å². The van der Waals surface area contributed by atoms with Crippen molar-refractivity contribution in [1.29, 1.82) is 0 Å². The first-order valence-corrected chi connectivity index (χ1v) is 5.79. The van der Waals surface area contributed by atoms with Crippen LogP contribution in [0.15, 0.2) is 30.3 Å². The number of likely N-dealkylation sites (tertiary alicyclic amines) is 1. The summed E-state index contributed by atoms with van der Waals surface area (Å²) in [4.78, 5) is 2.43. The smallest absolute Gasteiger partial charge is 0.110 e. The second kappa shape index (κ2) is 5.29. The van der Waals surface area contributed by atoms with Crippen LogP contribution >= 0.6 is 0 Å². The molecule has 1 atom stereocenters. The van der Waals surface area contributed by atoms with Gasteiger partial charge in [0, 0.05) is 19.7 Å². The number of hydrogen-bond acceptors (Lipinski definition) is 2. The maximum atomic E-state index is 5.71. The van der Waals surface area contributed by atoms with Crippen LogP contribution in [0.3, 0.4) is 0 Å². The van der Waals surface area contributed by atoms with E-state index in [0.29, 0.717) is 6.23 Å². The predicted molar refractivity (Wildman–Crippen MR) is 61.5 cm³/mol. The van der Waals surface area contributed by atoms with Gasteiger partial charge in [-0.3, -0.25) is 4.90 Å². The zero-order chi connectivity index (χ0) is 10.5. The molecule has 1 unspecified atom stereocenters. The molecule has 0 radical (unpaired) electrons. The maximum absolute atomic E-state index is 5.71. The molecule has 2 rings (SSSR count). The third-order valence-corrected chi connectivity index (χ3v) is 2.89. The van der Waals surface area contributed by atoms with Gasteiger partial charge in [-0.2, -0.15) is 0 Å². The second-order valence-corrected chi connectivity index (χ2v) is 4.01. The van der Waals surface area contributed by atoms with Gasteiger partial charge in [-0.15, -0.1) is 0 Å². The minimum atomic E-state index is 0.343. The molecule has 1 fully saturated rings. The first kappa shape index (κ1) is 10.7. The lowest BCUT2D eigenvalue weighted by Crippen LogP contribution is -2.31. The Bertz CT molecular complexity index is 286. The Balaban J connectivity index is 1.93. The molecular formula is C13H19NO. The first-order valence-electron chi connectivity index (χ1n) is 5.79. The minimum Gasteiger partial charge on any atom is -0.363 e. The molecule has 82 valence electrons. The average molecular weight is 205 g/mol. The fourth-order valence-electron chi connectivity index (χ4n) is 2.18.